The molecule has 3 nitrogen and oxygen atoms in total. The molecule has 0 radical (unpaired) electrons. The lowest BCUT2D eigenvalue weighted by atomic mass is 10.1. The molecule has 4 heteroatoms. The molecule has 0 aromatic carbocycles. The van der Waals surface area contributed by atoms with Crippen molar-refractivity contribution in [1.82, 2.24) is 4.90 Å². The Bertz CT molecular complexity index is 360. The molecule has 0 saturated heterocycles. The van der Waals surface area contributed by atoms with E-state index in [-0.39, 0.29) is 11.8 Å². The van der Waals surface area contributed by atoms with Crippen LogP contribution in [0.2, 0.25) is 0 Å². The van der Waals surface area contributed by atoms with Crippen molar-refractivity contribution in [1.29, 1.82) is 0 Å². The van der Waals surface area contributed by atoms with Gasteiger partial charge in [0, 0.05) is 19.0 Å². The van der Waals surface area contributed by atoms with E-state index in [1.807, 2.05) is 11.8 Å². The number of carbonyl (C=O) groups excluding carboxylic acids is 1. The van der Waals surface area contributed by atoms with E-state index in [9.17, 15) is 4.79 Å². The highest BCUT2D eigenvalue weighted by atomic mass is 32.1. The lowest BCUT2D eigenvalue weighted by Crippen LogP contribution is -2.34. The van der Waals surface area contributed by atoms with Gasteiger partial charge in [0.05, 0.1) is 0 Å². The van der Waals surface area contributed by atoms with Gasteiger partial charge >= 0.3 is 0 Å². The number of thiophene rings is 1. The van der Waals surface area contributed by atoms with Crippen molar-refractivity contribution in [3.05, 3.63) is 22.4 Å². The molecule has 1 fully saturated rings. The molecule has 1 saturated carbocycles. The van der Waals surface area contributed by atoms with Gasteiger partial charge in [0.15, 0.2) is 0 Å². The summed E-state index contributed by atoms with van der Waals surface area (Å²) in [7, 11) is 0. The lowest BCUT2D eigenvalue weighted by molar-refractivity contribution is -0.133. The summed E-state index contributed by atoms with van der Waals surface area (Å²) in [5, 5.41) is 4.18. The Hall–Kier alpha value is -0.870. The molecular weight excluding hydrogens is 232 g/mol. The molecule has 2 rings (SSSR count). The number of nitrogens with two attached hydrogens (primary N) is 1. The van der Waals surface area contributed by atoms with Crippen LogP contribution in [0.1, 0.15) is 31.7 Å². The number of hydrogen-bond acceptors (Lipinski definition) is 3. The van der Waals surface area contributed by atoms with Crippen LogP contribution in [-0.4, -0.2) is 23.4 Å². The van der Waals surface area contributed by atoms with Crippen LogP contribution < -0.4 is 5.73 Å². The first-order chi connectivity index (χ1) is 8.20. The highest BCUT2D eigenvalue weighted by molar-refractivity contribution is 7.07. The summed E-state index contributed by atoms with van der Waals surface area (Å²) >= 11 is 1.69. The second-order valence-corrected chi connectivity index (χ2v) is 5.71. The zero-order valence-corrected chi connectivity index (χ0v) is 11.1. The van der Waals surface area contributed by atoms with Gasteiger partial charge in [-0.3, -0.25) is 4.79 Å². The molecule has 17 heavy (non-hydrogen) atoms. The van der Waals surface area contributed by atoms with Gasteiger partial charge in [-0.1, -0.05) is 6.92 Å². The zero-order valence-electron chi connectivity index (χ0n) is 10.3. The molecule has 1 atom stereocenters. The van der Waals surface area contributed by atoms with Crippen molar-refractivity contribution >= 4 is 17.2 Å². The Morgan fingerprint density at radius 2 is 2.41 bits per heavy atom. The Labute approximate surface area is 107 Å². The van der Waals surface area contributed by atoms with Gasteiger partial charge in [-0.05, 0) is 47.7 Å². The first kappa shape index (κ1) is 12.6. The second kappa shape index (κ2) is 5.65. The molecule has 1 heterocycles. The van der Waals surface area contributed by atoms with Gasteiger partial charge in [-0.15, -0.1) is 0 Å². The molecule has 1 aliphatic rings. The van der Waals surface area contributed by atoms with Crippen LogP contribution in [0.25, 0.3) is 0 Å². The van der Waals surface area contributed by atoms with E-state index < -0.39 is 0 Å². The molecular formula is C13H20N2OS. The summed E-state index contributed by atoms with van der Waals surface area (Å²) < 4.78 is 0. The number of carbonyl (C=O) groups is 1. The van der Waals surface area contributed by atoms with E-state index in [1.54, 1.807) is 11.3 Å². The van der Waals surface area contributed by atoms with Gasteiger partial charge in [0.2, 0.25) is 5.91 Å². The Kier molecular flexibility index (Phi) is 4.18. The van der Waals surface area contributed by atoms with Gasteiger partial charge in [-0.25, -0.2) is 0 Å². The monoisotopic (exact) mass is 252 g/mol. The van der Waals surface area contributed by atoms with E-state index in [0.29, 0.717) is 19.0 Å². The van der Waals surface area contributed by atoms with Gasteiger partial charge in [-0.2, -0.15) is 11.3 Å². The minimum atomic E-state index is 0.261. The average molecular weight is 252 g/mol. The van der Waals surface area contributed by atoms with Crippen molar-refractivity contribution < 1.29 is 4.79 Å². The highest BCUT2D eigenvalue weighted by Crippen LogP contribution is 2.29. The summed E-state index contributed by atoms with van der Waals surface area (Å²) in [5.74, 6) is 0.544. The molecule has 0 aliphatic heterocycles. The zero-order chi connectivity index (χ0) is 12.3. The molecule has 1 aliphatic carbocycles. The third kappa shape index (κ3) is 3.54. The molecule has 1 amide bonds. The minimum absolute atomic E-state index is 0.261. The van der Waals surface area contributed by atoms with E-state index in [0.717, 1.165) is 19.4 Å². The van der Waals surface area contributed by atoms with Crippen LogP contribution in [0.15, 0.2) is 16.8 Å². The van der Waals surface area contributed by atoms with Crippen molar-refractivity contribution in [2.45, 2.75) is 38.8 Å². The number of amides is 1. The minimum Gasteiger partial charge on any atom is -0.335 e. The van der Waals surface area contributed by atoms with Crippen molar-refractivity contribution in [3.8, 4) is 0 Å². The van der Waals surface area contributed by atoms with E-state index in [1.165, 1.54) is 5.56 Å². The van der Waals surface area contributed by atoms with E-state index >= 15 is 0 Å². The smallest absolute Gasteiger partial charge is 0.223 e. The number of hydrogen-bond donors (Lipinski definition) is 1. The predicted octanol–water partition coefficient (Wildman–Crippen LogP) is 2.22. The molecule has 1 aromatic heterocycles. The molecule has 94 valence electrons. The van der Waals surface area contributed by atoms with Crippen molar-refractivity contribution in [2.75, 3.05) is 6.54 Å². The summed E-state index contributed by atoms with van der Waals surface area (Å²) in [6.45, 7) is 3.39. The maximum absolute atomic E-state index is 12.2. The fourth-order valence-electron chi connectivity index (χ4n) is 1.89. The van der Waals surface area contributed by atoms with Crippen LogP contribution in [0.3, 0.4) is 0 Å². The van der Waals surface area contributed by atoms with Gasteiger partial charge < -0.3 is 10.6 Å². The van der Waals surface area contributed by atoms with E-state index in [4.69, 9.17) is 5.73 Å². The quantitative estimate of drug-likeness (QED) is 0.844. The SMILES string of the molecule is CC(CN)CC(=O)N(Cc1ccsc1)C1CC1. The maximum atomic E-state index is 12.2. The third-order valence-corrected chi connectivity index (χ3v) is 3.90. The third-order valence-electron chi connectivity index (χ3n) is 3.17. The van der Waals surface area contributed by atoms with Crippen LogP contribution in [0, 0.1) is 5.92 Å². The number of rotatable bonds is 6. The average Bonchev–Trinajstić information content (AvgIpc) is 3.03. The summed E-state index contributed by atoms with van der Waals surface area (Å²) in [6, 6.07) is 2.58. The van der Waals surface area contributed by atoms with Crippen LogP contribution >= 0.6 is 11.3 Å². The van der Waals surface area contributed by atoms with Crippen molar-refractivity contribution in [3.63, 3.8) is 0 Å². The molecule has 1 unspecified atom stereocenters. The lowest BCUT2D eigenvalue weighted by Gasteiger charge is -2.23. The Morgan fingerprint density at radius 3 is 2.94 bits per heavy atom. The molecule has 2 N–H and O–H groups in total. The van der Waals surface area contributed by atoms with E-state index in [2.05, 4.69) is 16.8 Å². The fraction of sp³-hybridized carbons (Fsp3) is 0.615. The standard InChI is InChI=1S/C13H20N2OS/c1-10(7-14)6-13(16)15(12-2-3-12)8-11-4-5-17-9-11/h4-5,9-10,12H,2-3,6-8,14H2,1H3. The largest absolute Gasteiger partial charge is 0.335 e. The maximum Gasteiger partial charge on any atom is 0.223 e. The molecule has 0 bridgehead atoms. The highest BCUT2D eigenvalue weighted by Gasteiger charge is 2.32. The van der Waals surface area contributed by atoms with Crippen LogP contribution in [-0.2, 0) is 11.3 Å². The number of nitrogens with zero attached hydrogens (tertiary/aromatic N) is 1. The molecule has 0 spiro atoms. The summed E-state index contributed by atoms with van der Waals surface area (Å²) in [5.41, 5.74) is 6.83. The fourth-order valence-corrected chi connectivity index (χ4v) is 2.54. The van der Waals surface area contributed by atoms with Gasteiger partial charge in [0.25, 0.3) is 0 Å². The van der Waals surface area contributed by atoms with Crippen LogP contribution in [0.4, 0.5) is 0 Å². The summed E-state index contributed by atoms with van der Waals surface area (Å²) in [4.78, 5) is 14.2. The topological polar surface area (TPSA) is 46.3 Å². The summed E-state index contributed by atoms with van der Waals surface area (Å²) in [6.07, 6.45) is 2.90. The van der Waals surface area contributed by atoms with Crippen molar-refractivity contribution in [2.24, 2.45) is 11.7 Å². The first-order valence-corrected chi connectivity index (χ1v) is 7.15. The van der Waals surface area contributed by atoms with Crippen LogP contribution in [0.5, 0.6) is 0 Å². The van der Waals surface area contributed by atoms with Gasteiger partial charge in [0.1, 0.15) is 0 Å². The Balaban J connectivity index is 1.94. The Morgan fingerprint density at radius 1 is 1.65 bits per heavy atom. The second-order valence-electron chi connectivity index (χ2n) is 4.93. The first-order valence-electron chi connectivity index (χ1n) is 6.21. The normalized spacial score (nSPS) is 16.8. The molecule has 1 aromatic rings. The predicted molar refractivity (Wildman–Crippen MR) is 70.7 cm³/mol.